The van der Waals surface area contributed by atoms with Gasteiger partial charge in [0.1, 0.15) is 24.0 Å². The van der Waals surface area contributed by atoms with Crippen molar-refractivity contribution in [1.82, 2.24) is 15.2 Å². The number of nitrogens with zero attached hydrogens (tertiary/aromatic N) is 1. The number of esters is 1. The second kappa shape index (κ2) is 18.4. The standard InChI is InChI=1S/C40H59FN4O7/c1-5-27(12-9-13-31(24-41)43-39(49)52-40(2,3)4)37(47)45-19-16-32(28-10-7-6-8-11-28)35(45)36(46)42-30-14-15-33-29(22-30)23-34(44-33)38(48)51-25-26-17-20-50-21-18-26/h14-15,22-23,26-28,31-32,35,44H,5-13,16-21,24-25H2,1-4H3,(H,42,46)(H,43,49)/t27-,31?,32+,35+/m1/s1. The molecule has 2 aromatic rings. The first-order chi connectivity index (χ1) is 25.0. The predicted octanol–water partition coefficient (Wildman–Crippen LogP) is 7.55. The molecule has 288 valence electrons. The fourth-order valence-electron chi connectivity index (χ4n) is 8.19. The summed E-state index contributed by atoms with van der Waals surface area (Å²) in [4.78, 5) is 58.4. The van der Waals surface area contributed by atoms with Crippen molar-refractivity contribution in [1.29, 1.82) is 0 Å². The molecule has 1 aromatic carbocycles. The molecule has 2 aliphatic heterocycles. The van der Waals surface area contributed by atoms with E-state index in [9.17, 15) is 23.6 Å². The average Bonchev–Trinajstić information content (AvgIpc) is 3.77. The number of ether oxygens (including phenoxy) is 3. The maximum Gasteiger partial charge on any atom is 0.407 e. The van der Waals surface area contributed by atoms with Crippen molar-refractivity contribution in [3.63, 3.8) is 0 Å². The number of halogens is 1. The summed E-state index contributed by atoms with van der Waals surface area (Å²) in [7, 11) is 0. The molecule has 1 aliphatic carbocycles. The summed E-state index contributed by atoms with van der Waals surface area (Å²) in [6.07, 6.45) is 9.54. The molecular formula is C40H59FN4O7. The van der Waals surface area contributed by atoms with Crippen LogP contribution >= 0.6 is 0 Å². The predicted molar refractivity (Wildman–Crippen MR) is 198 cm³/mol. The maximum atomic E-state index is 14.2. The van der Waals surface area contributed by atoms with E-state index in [4.69, 9.17) is 14.2 Å². The number of likely N-dealkylation sites (tertiary alicyclic amines) is 1. The number of rotatable bonds is 14. The van der Waals surface area contributed by atoms with Crippen LogP contribution in [-0.4, -0.2) is 84.5 Å². The van der Waals surface area contributed by atoms with Gasteiger partial charge in [-0.3, -0.25) is 9.59 Å². The highest BCUT2D eigenvalue weighted by atomic mass is 19.1. The number of hydrogen-bond acceptors (Lipinski definition) is 7. The lowest BCUT2D eigenvalue weighted by Gasteiger charge is -2.35. The van der Waals surface area contributed by atoms with Gasteiger partial charge in [0.25, 0.3) is 0 Å². The minimum absolute atomic E-state index is 0.0390. The average molecular weight is 727 g/mol. The fraction of sp³-hybridized carbons (Fsp3) is 0.700. The molecule has 4 atom stereocenters. The molecule has 1 saturated carbocycles. The Morgan fingerprint density at radius 2 is 1.77 bits per heavy atom. The number of fused-ring (bicyclic) bond motifs is 1. The number of alkyl halides is 1. The number of aromatic nitrogens is 1. The fourth-order valence-corrected chi connectivity index (χ4v) is 8.19. The first-order valence-electron chi connectivity index (χ1n) is 19.5. The van der Waals surface area contributed by atoms with Crippen molar-refractivity contribution in [2.75, 3.05) is 38.4 Å². The molecule has 11 nitrogen and oxygen atoms in total. The summed E-state index contributed by atoms with van der Waals surface area (Å²) in [5.74, 6) is -0.198. The van der Waals surface area contributed by atoms with Crippen LogP contribution in [0, 0.1) is 23.7 Å². The highest BCUT2D eigenvalue weighted by molar-refractivity contribution is 6.01. The summed E-state index contributed by atoms with van der Waals surface area (Å²) in [6.45, 7) is 8.78. The molecule has 3 amide bonds. The molecule has 1 unspecified atom stereocenters. The Kier molecular flexibility index (Phi) is 14.0. The molecule has 3 fully saturated rings. The number of benzene rings is 1. The van der Waals surface area contributed by atoms with Crippen molar-refractivity contribution in [3.05, 3.63) is 30.0 Å². The number of carbonyl (C=O) groups excluding carboxylic acids is 4. The first-order valence-corrected chi connectivity index (χ1v) is 19.5. The Bertz CT molecular complexity index is 1510. The molecule has 0 spiro atoms. The van der Waals surface area contributed by atoms with Crippen LogP contribution in [0.5, 0.6) is 0 Å². The van der Waals surface area contributed by atoms with E-state index < -0.39 is 36.4 Å². The van der Waals surface area contributed by atoms with E-state index in [0.717, 1.165) is 55.8 Å². The minimum atomic E-state index is -0.724. The topological polar surface area (TPSA) is 139 Å². The Balaban J connectivity index is 1.24. The highest BCUT2D eigenvalue weighted by Gasteiger charge is 2.46. The largest absolute Gasteiger partial charge is 0.461 e. The first kappa shape index (κ1) is 39.5. The van der Waals surface area contributed by atoms with Crippen molar-refractivity contribution in [3.8, 4) is 0 Å². The van der Waals surface area contributed by atoms with Crippen LogP contribution < -0.4 is 10.6 Å². The monoisotopic (exact) mass is 726 g/mol. The molecule has 52 heavy (non-hydrogen) atoms. The third kappa shape index (κ3) is 10.7. The molecule has 3 heterocycles. The van der Waals surface area contributed by atoms with Gasteiger partial charge in [0.2, 0.25) is 11.8 Å². The van der Waals surface area contributed by atoms with Gasteiger partial charge in [-0.05, 0) is 101 Å². The molecule has 12 heteroatoms. The molecule has 1 aromatic heterocycles. The third-order valence-corrected chi connectivity index (χ3v) is 11.0. The molecule has 0 bridgehead atoms. The quantitative estimate of drug-likeness (QED) is 0.171. The lowest BCUT2D eigenvalue weighted by Crippen LogP contribution is -2.49. The van der Waals surface area contributed by atoms with Crippen LogP contribution in [0.4, 0.5) is 14.9 Å². The second-order valence-corrected chi connectivity index (χ2v) is 16.0. The normalized spacial score (nSPS) is 21.4. The third-order valence-electron chi connectivity index (χ3n) is 11.0. The number of H-pyrrole nitrogens is 1. The summed E-state index contributed by atoms with van der Waals surface area (Å²) in [6, 6.07) is 5.96. The van der Waals surface area contributed by atoms with Gasteiger partial charge in [0.05, 0.1) is 12.6 Å². The molecule has 0 radical (unpaired) electrons. The van der Waals surface area contributed by atoms with Gasteiger partial charge in [-0.1, -0.05) is 45.4 Å². The zero-order chi connectivity index (χ0) is 37.3. The van der Waals surface area contributed by atoms with Crippen LogP contribution in [0.1, 0.15) is 115 Å². The van der Waals surface area contributed by atoms with Gasteiger partial charge in [-0.15, -0.1) is 0 Å². The molecule has 2 saturated heterocycles. The summed E-state index contributed by atoms with van der Waals surface area (Å²) in [5, 5.41) is 6.51. The van der Waals surface area contributed by atoms with Crippen molar-refractivity contribution >= 4 is 40.5 Å². The minimum Gasteiger partial charge on any atom is -0.461 e. The van der Waals surface area contributed by atoms with Crippen LogP contribution in [0.15, 0.2) is 24.3 Å². The van der Waals surface area contributed by atoms with Gasteiger partial charge in [-0.25, -0.2) is 14.0 Å². The number of amides is 3. The Morgan fingerprint density at radius 1 is 1.02 bits per heavy atom. The lowest BCUT2D eigenvalue weighted by molar-refractivity contribution is -0.141. The van der Waals surface area contributed by atoms with Crippen LogP contribution in [-0.2, 0) is 23.8 Å². The SMILES string of the molecule is CC[C@H](CCCC(CF)NC(=O)OC(C)(C)C)C(=O)N1CC[C@@H](C2CCCCC2)[C@H]1C(=O)Nc1ccc2[nH]c(C(=O)OCC3CCOCC3)cc2c1. The van der Waals surface area contributed by atoms with E-state index in [1.807, 2.05) is 25.1 Å². The number of hydrogen-bond donors (Lipinski definition) is 3. The summed E-state index contributed by atoms with van der Waals surface area (Å²) in [5.41, 5.74) is 1.04. The van der Waals surface area contributed by atoms with Crippen LogP contribution in [0.25, 0.3) is 10.9 Å². The molecule has 3 N–H and O–H groups in total. The van der Waals surface area contributed by atoms with Gasteiger partial charge in [0.15, 0.2) is 0 Å². The number of nitrogens with one attached hydrogen (secondary N) is 3. The molecule has 5 rings (SSSR count). The van der Waals surface area contributed by atoms with E-state index in [1.165, 1.54) is 6.42 Å². The Hall–Kier alpha value is -3.67. The number of alkyl carbamates (subject to hydrolysis) is 1. The van der Waals surface area contributed by atoms with Crippen molar-refractivity contribution < 1.29 is 37.8 Å². The zero-order valence-electron chi connectivity index (χ0n) is 31.5. The van der Waals surface area contributed by atoms with E-state index in [1.54, 1.807) is 31.7 Å². The van der Waals surface area contributed by atoms with Gasteiger partial charge >= 0.3 is 12.1 Å². The maximum absolute atomic E-state index is 14.2. The summed E-state index contributed by atoms with van der Waals surface area (Å²) >= 11 is 0. The lowest BCUT2D eigenvalue weighted by atomic mass is 9.76. The van der Waals surface area contributed by atoms with E-state index in [2.05, 4.69) is 15.6 Å². The Morgan fingerprint density at radius 3 is 2.46 bits per heavy atom. The van der Waals surface area contributed by atoms with Gasteiger partial charge in [-0.2, -0.15) is 0 Å². The van der Waals surface area contributed by atoms with Crippen LogP contribution in [0.2, 0.25) is 0 Å². The van der Waals surface area contributed by atoms with Gasteiger partial charge in [0, 0.05) is 42.3 Å². The van der Waals surface area contributed by atoms with E-state index in [-0.39, 0.29) is 23.7 Å². The zero-order valence-corrected chi connectivity index (χ0v) is 31.5. The van der Waals surface area contributed by atoms with Gasteiger partial charge < -0.3 is 34.7 Å². The molecular weight excluding hydrogens is 667 g/mol. The second-order valence-electron chi connectivity index (χ2n) is 16.0. The summed E-state index contributed by atoms with van der Waals surface area (Å²) < 4.78 is 30.1. The molecule has 3 aliphatic rings. The van der Waals surface area contributed by atoms with Crippen molar-refractivity contribution in [2.24, 2.45) is 23.7 Å². The van der Waals surface area contributed by atoms with E-state index in [0.29, 0.717) is 75.3 Å². The smallest absolute Gasteiger partial charge is 0.407 e. The highest BCUT2D eigenvalue weighted by Crippen LogP contribution is 2.40. The van der Waals surface area contributed by atoms with E-state index >= 15 is 0 Å². The number of anilines is 1. The van der Waals surface area contributed by atoms with Crippen LogP contribution in [0.3, 0.4) is 0 Å². The number of aromatic amines is 1. The Labute approximate surface area is 307 Å². The number of carbonyl (C=O) groups is 4. The van der Waals surface area contributed by atoms with Crippen molar-refractivity contribution in [2.45, 2.75) is 122 Å².